The molecule has 13 heteroatoms. The number of carbonyl (C=O) groups excluding carboxylic acids is 3. The molecule has 0 saturated carbocycles. The van der Waals surface area contributed by atoms with Crippen molar-refractivity contribution in [3.63, 3.8) is 0 Å². The Kier molecular flexibility index (Phi) is 10.1. The molecule has 1 aromatic carbocycles. The highest BCUT2D eigenvalue weighted by Gasteiger charge is 2.54. The number of hydrogen-bond donors (Lipinski definition) is 2. The number of methoxy groups -OCH3 is 1. The van der Waals surface area contributed by atoms with Gasteiger partial charge in [0.05, 0.1) is 17.2 Å². The van der Waals surface area contributed by atoms with Crippen LogP contribution < -0.4 is 20.7 Å². The third kappa shape index (κ3) is 7.26. The molecular formula is C30H45F3N4O6. The lowest BCUT2D eigenvalue weighted by Gasteiger charge is -2.52. The highest BCUT2D eigenvalue weighted by molar-refractivity contribution is 6.06. The van der Waals surface area contributed by atoms with E-state index in [1.54, 1.807) is 20.8 Å². The Morgan fingerprint density at radius 2 is 1.86 bits per heavy atom. The van der Waals surface area contributed by atoms with Gasteiger partial charge >= 0.3 is 12.3 Å². The van der Waals surface area contributed by atoms with Crippen LogP contribution in [0.25, 0.3) is 0 Å². The zero-order chi connectivity index (χ0) is 32.5. The van der Waals surface area contributed by atoms with Gasteiger partial charge in [-0.25, -0.2) is 4.79 Å². The minimum Gasteiger partial charge on any atom is -0.476 e. The summed E-state index contributed by atoms with van der Waals surface area (Å²) in [5, 5.41) is 3.35. The van der Waals surface area contributed by atoms with Crippen LogP contribution >= 0.6 is 0 Å². The van der Waals surface area contributed by atoms with Gasteiger partial charge in [-0.1, -0.05) is 0 Å². The fourth-order valence-electron chi connectivity index (χ4n) is 5.91. The number of Topliss-reactive ketones (excluding diaryl/α,β-unsaturated/α-hetero) is 1. The molecule has 3 N–H and O–H groups in total. The average molecular weight is 615 g/mol. The standard InChI is InChI=1S/C30H45F3N4O6/c1-18(2)35-29(11-15-41-8)20(10-9-13-37(29)26(40)43-27(3,4)5)24(38)19-16-22-23(17-21(19)30(31,32)33)42-28(6,7)25(39)36(22)14-12-34/h16-18,20,35H,9-15,34H2,1-8H3. The van der Waals surface area contributed by atoms with Crippen molar-refractivity contribution in [2.24, 2.45) is 11.7 Å². The van der Waals surface area contributed by atoms with Crippen molar-refractivity contribution in [2.45, 2.75) is 96.8 Å². The molecule has 2 aliphatic heterocycles. The summed E-state index contributed by atoms with van der Waals surface area (Å²) >= 11 is 0. The average Bonchev–Trinajstić information content (AvgIpc) is 2.87. The first-order chi connectivity index (χ1) is 19.8. The molecule has 1 saturated heterocycles. The summed E-state index contributed by atoms with van der Waals surface area (Å²) in [4.78, 5) is 44.0. The molecule has 2 aliphatic rings. The van der Waals surface area contributed by atoms with Gasteiger partial charge in [0.1, 0.15) is 17.0 Å². The van der Waals surface area contributed by atoms with Crippen molar-refractivity contribution in [2.75, 3.05) is 38.3 Å². The third-order valence-electron chi connectivity index (χ3n) is 7.53. The molecule has 3 rings (SSSR count). The third-order valence-corrected chi connectivity index (χ3v) is 7.53. The number of halogens is 3. The number of anilines is 1. The SMILES string of the molecule is COCCC1(NC(C)C)C(C(=O)c2cc3c(cc2C(F)(F)F)OC(C)(C)C(=O)N3CCN)CCCN1C(=O)OC(C)(C)C. The smallest absolute Gasteiger partial charge is 0.417 e. The van der Waals surface area contributed by atoms with E-state index in [4.69, 9.17) is 19.9 Å². The number of nitrogens with one attached hydrogen (secondary N) is 1. The molecule has 0 radical (unpaired) electrons. The summed E-state index contributed by atoms with van der Waals surface area (Å²) in [5.74, 6) is -2.59. The van der Waals surface area contributed by atoms with Crippen LogP contribution in [0.3, 0.4) is 0 Å². The fourth-order valence-corrected chi connectivity index (χ4v) is 5.91. The molecule has 2 amide bonds. The van der Waals surface area contributed by atoms with Crippen molar-refractivity contribution < 1.29 is 41.8 Å². The van der Waals surface area contributed by atoms with E-state index in [9.17, 15) is 27.6 Å². The second-order valence-corrected chi connectivity index (χ2v) is 12.9. The zero-order valence-electron chi connectivity index (χ0n) is 26.3. The molecule has 2 unspecified atom stereocenters. The maximum absolute atomic E-state index is 14.6. The van der Waals surface area contributed by atoms with Crippen LogP contribution in [0.2, 0.25) is 0 Å². The monoisotopic (exact) mass is 614 g/mol. The zero-order valence-corrected chi connectivity index (χ0v) is 26.3. The van der Waals surface area contributed by atoms with E-state index in [0.29, 0.717) is 6.42 Å². The molecule has 1 aromatic rings. The molecule has 0 spiro atoms. The number of rotatable bonds is 9. The molecule has 43 heavy (non-hydrogen) atoms. The van der Waals surface area contributed by atoms with Gasteiger partial charge in [-0.2, -0.15) is 13.2 Å². The van der Waals surface area contributed by atoms with Crippen molar-refractivity contribution in [1.82, 2.24) is 10.2 Å². The predicted molar refractivity (Wildman–Crippen MR) is 155 cm³/mol. The number of piperidine rings is 1. The van der Waals surface area contributed by atoms with Crippen LogP contribution in [0.15, 0.2) is 12.1 Å². The summed E-state index contributed by atoms with van der Waals surface area (Å²) in [6, 6.07) is 1.59. The van der Waals surface area contributed by atoms with Gasteiger partial charge < -0.3 is 24.8 Å². The Bertz CT molecular complexity index is 1210. The van der Waals surface area contributed by atoms with Gasteiger partial charge in [0.2, 0.25) is 0 Å². The Labute approximate surface area is 251 Å². The van der Waals surface area contributed by atoms with Crippen LogP contribution in [0.5, 0.6) is 5.75 Å². The van der Waals surface area contributed by atoms with E-state index in [2.05, 4.69) is 5.32 Å². The predicted octanol–water partition coefficient (Wildman–Crippen LogP) is 4.73. The van der Waals surface area contributed by atoms with Crippen LogP contribution in [0, 0.1) is 5.92 Å². The number of likely N-dealkylation sites (tertiary alicyclic amines) is 1. The molecule has 0 aromatic heterocycles. The highest BCUT2D eigenvalue weighted by Crippen LogP contribution is 2.46. The quantitative estimate of drug-likeness (QED) is 0.383. The first-order valence-corrected chi connectivity index (χ1v) is 14.6. The van der Waals surface area contributed by atoms with E-state index in [1.807, 2.05) is 13.8 Å². The van der Waals surface area contributed by atoms with E-state index < -0.39 is 57.9 Å². The Balaban J connectivity index is 2.27. The highest BCUT2D eigenvalue weighted by atomic mass is 19.4. The van der Waals surface area contributed by atoms with Crippen LogP contribution in [0.4, 0.5) is 23.7 Å². The number of benzene rings is 1. The number of nitrogens with two attached hydrogens (primary N) is 1. The Morgan fingerprint density at radius 1 is 1.21 bits per heavy atom. The minimum absolute atomic E-state index is 0.0140. The number of alkyl halides is 3. The first kappa shape index (κ1) is 34.6. The summed E-state index contributed by atoms with van der Waals surface area (Å²) in [6.07, 6.45) is -4.95. The molecule has 2 atom stereocenters. The fraction of sp³-hybridized carbons (Fsp3) is 0.700. The van der Waals surface area contributed by atoms with E-state index in [1.165, 1.54) is 30.8 Å². The van der Waals surface area contributed by atoms with E-state index in [-0.39, 0.29) is 56.6 Å². The number of carbonyl (C=O) groups is 3. The molecule has 0 bridgehead atoms. The second kappa shape index (κ2) is 12.6. The number of hydrogen-bond acceptors (Lipinski definition) is 8. The maximum atomic E-state index is 14.6. The Hall–Kier alpha value is -2.90. The molecular weight excluding hydrogens is 569 g/mol. The van der Waals surface area contributed by atoms with Crippen molar-refractivity contribution >= 4 is 23.5 Å². The van der Waals surface area contributed by atoms with Crippen molar-refractivity contribution in [3.05, 3.63) is 23.3 Å². The maximum Gasteiger partial charge on any atom is 0.417 e. The van der Waals surface area contributed by atoms with E-state index >= 15 is 0 Å². The number of ketones is 1. The Morgan fingerprint density at radius 3 is 2.40 bits per heavy atom. The van der Waals surface area contributed by atoms with Gasteiger partial charge in [0.15, 0.2) is 11.4 Å². The lowest BCUT2D eigenvalue weighted by molar-refractivity contribution is -0.138. The lowest BCUT2D eigenvalue weighted by Crippen LogP contribution is -2.70. The number of amides is 2. The first-order valence-electron chi connectivity index (χ1n) is 14.6. The normalized spacial score (nSPS) is 22.3. The number of nitrogens with zero attached hydrogens (tertiary/aromatic N) is 2. The molecule has 1 fully saturated rings. The van der Waals surface area contributed by atoms with Gasteiger partial charge in [-0.15, -0.1) is 0 Å². The molecule has 10 nitrogen and oxygen atoms in total. The minimum atomic E-state index is -4.92. The summed E-state index contributed by atoms with van der Waals surface area (Å²) < 4.78 is 60.7. The summed E-state index contributed by atoms with van der Waals surface area (Å²) in [5.41, 5.74) is 0.256. The van der Waals surface area contributed by atoms with Crippen LogP contribution in [-0.2, 0) is 20.4 Å². The number of ether oxygens (including phenoxy) is 3. The molecule has 0 aliphatic carbocycles. The van der Waals surface area contributed by atoms with Crippen LogP contribution in [0.1, 0.15) is 83.7 Å². The van der Waals surface area contributed by atoms with Gasteiger partial charge in [0, 0.05) is 51.4 Å². The van der Waals surface area contributed by atoms with Crippen LogP contribution in [-0.4, -0.2) is 78.9 Å². The summed E-state index contributed by atoms with van der Waals surface area (Å²) in [6.45, 7) is 12.1. The topological polar surface area (TPSA) is 123 Å². The largest absolute Gasteiger partial charge is 0.476 e. The van der Waals surface area contributed by atoms with Crippen molar-refractivity contribution in [3.8, 4) is 5.75 Å². The molecule has 242 valence electrons. The van der Waals surface area contributed by atoms with E-state index in [0.717, 1.165) is 12.1 Å². The van der Waals surface area contributed by atoms with Gasteiger partial charge in [-0.3, -0.25) is 19.8 Å². The summed E-state index contributed by atoms with van der Waals surface area (Å²) in [7, 11) is 1.47. The molecule has 2 heterocycles. The van der Waals surface area contributed by atoms with Gasteiger partial charge in [0.25, 0.3) is 5.91 Å². The lowest BCUT2D eigenvalue weighted by atomic mass is 9.75. The van der Waals surface area contributed by atoms with Gasteiger partial charge in [-0.05, 0) is 73.4 Å². The number of fused-ring (bicyclic) bond motifs is 1. The second-order valence-electron chi connectivity index (χ2n) is 12.9. The van der Waals surface area contributed by atoms with Crippen molar-refractivity contribution in [1.29, 1.82) is 0 Å².